The van der Waals surface area contributed by atoms with Gasteiger partial charge in [-0.05, 0) is 36.8 Å². The molecule has 1 aliphatic rings. The van der Waals surface area contributed by atoms with Gasteiger partial charge in [-0.25, -0.2) is 0 Å². The first-order valence-electron chi connectivity index (χ1n) is 9.21. The van der Waals surface area contributed by atoms with E-state index < -0.39 is 17.7 Å². The molecule has 2 aromatic heterocycles. The highest BCUT2D eigenvalue weighted by atomic mass is 16.3. The Balaban J connectivity index is 1.87. The van der Waals surface area contributed by atoms with Crippen molar-refractivity contribution in [2.24, 2.45) is 0 Å². The summed E-state index contributed by atoms with van der Waals surface area (Å²) in [4.78, 5) is 35.6. The standard InChI is InChI=1S/C23H19N3O3/c1-15-5-4-6-17(13-15)20-19(21(27)16-8-11-24-12-9-16)22(28)23(29)26(20)14-18-7-2-3-10-25-18/h2-13,20,27H,14H2,1H3/b21-19-. The van der Waals surface area contributed by atoms with E-state index in [-0.39, 0.29) is 17.9 Å². The summed E-state index contributed by atoms with van der Waals surface area (Å²) in [5.41, 5.74) is 2.93. The van der Waals surface area contributed by atoms with E-state index >= 15 is 0 Å². The van der Waals surface area contributed by atoms with Gasteiger partial charge in [0.1, 0.15) is 5.76 Å². The lowest BCUT2D eigenvalue weighted by Crippen LogP contribution is -2.29. The van der Waals surface area contributed by atoms with Crippen LogP contribution in [0.15, 0.2) is 78.8 Å². The summed E-state index contributed by atoms with van der Waals surface area (Å²) in [5, 5.41) is 10.9. The van der Waals surface area contributed by atoms with Crippen molar-refractivity contribution >= 4 is 17.4 Å². The van der Waals surface area contributed by atoms with E-state index in [0.717, 1.165) is 11.1 Å². The van der Waals surface area contributed by atoms with Gasteiger partial charge in [0.2, 0.25) is 0 Å². The monoisotopic (exact) mass is 385 g/mol. The second-order valence-corrected chi connectivity index (χ2v) is 6.90. The maximum Gasteiger partial charge on any atom is 0.296 e. The average molecular weight is 385 g/mol. The zero-order chi connectivity index (χ0) is 20.4. The molecular formula is C23H19N3O3. The van der Waals surface area contributed by atoms with Crippen LogP contribution in [-0.4, -0.2) is 31.7 Å². The van der Waals surface area contributed by atoms with Gasteiger partial charge in [-0.15, -0.1) is 0 Å². The summed E-state index contributed by atoms with van der Waals surface area (Å²) in [6.45, 7) is 2.11. The number of rotatable bonds is 4. The third kappa shape index (κ3) is 3.52. The van der Waals surface area contributed by atoms with Crippen molar-refractivity contribution in [2.45, 2.75) is 19.5 Å². The van der Waals surface area contributed by atoms with E-state index in [0.29, 0.717) is 11.3 Å². The lowest BCUT2D eigenvalue weighted by molar-refractivity contribution is -0.140. The molecule has 1 N–H and O–H groups in total. The number of carbonyl (C=O) groups is 2. The number of ketones is 1. The quantitative estimate of drug-likeness (QED) is 0.423. The van der Waals surface area contributed by atoms with Crippen molar-refractivity contribution in [1.29, 1.82) is 0 Å². The van der Waals surface area contributed by atoms with Gasteiger partial charge in [0.15, 0.2) is 0 Å². The molecule has 3 heterocycles. The number of hydrogen-bond acceptors (Lipinski definition) is 5. The first-order valence-corrected chi connectivity index (χ1v) is 9.21. The molecule has 1 amide bonds. The number of aryl methyl sites for hydroxylation is 1. The normalized spacial score (nSPS) is 18.2. The predicted octanol–water partition coefficient (Wildman–Crippen LogP) is 3.41. The zero-order valence-corrected chi connectivity index (χ0v) is 15.8. The second kappa shape index (κ2) is 7.67. The largest absolute Gasteiger partial charge is 0.507 e. The van der Waals surface area contributed by atoms with Gasteiger partial charge >= 0.3 is 0 Å². The Morgan fingerprint density at radius 2 is 1.83 bits per heavy atom. The number of aromatic nitrogens is 2. The Bertz CT molecular complexity index is 1090. The SMILES string of the molecule is Cc1cccc(C2/C(=C(/O)c3ccncc3)C(=O)C(=O)N2Cc2ccccn2)c1. The highest BCUT2D eigenvalue weighted by molar-refractivity contribution is 6.46. The van der Waals surface area contributed by atoms with Crippen LogP contribution in [0.1, 0.15) is 28.4 Å². The van der Waals surface area contributed by atoms with Crippen molar-refractivity contribution in [1.82, 2.24) is 14.9 Å². The fraction of sp³-hybridized carbons (Fsp3) is 0.130. The number of amides is 1. The number of aliphatic hydroxyl groups excluding tert-OH is 1. The predicted molar refractivity (Wildman–Crippen MR) is 107 cm³/mol. The summed E-state index contributed by atoms with van der Waals surface area (Å²) < 4.78 is 0. The van der Waals surface area contributed by atoms with Crippen LogP contribution in [-0.2, 0) is 16.1 Å². The maximum atomic E-state index is 12.9. The minimum absolute atomic E-state index is 0.0720. The van der Waals surface area contributed by atoms with Crippen LogP contribution < -0.4 is 0 Å². The Hall–Kier alpha value is -3.80. The molecule has 0 radical (unpaired) electrons. The molecule has 6 nitrogen and oxygen atoms in total. The van der Waals surface area contributed by atoms with E-state index in [1.54, 1.807) is 30.5 Å². The lowest BCUT2D eigenvalue weighted by atomic mass is 9.94. The van der Waals surface area contributed by atoms with Gasteiger partial charge in [0.25, 0.3) is 11.7 Å². The highest BCUT2D eigenvalue weighted by Gasteiger charge is 2.46. The molecule has 144 valence electrons. The summed E-state index contributed by atoms with van der Waals surface area (Å²) >= 11 is 0. The third-order valence-electron chi connectivity index (χ3n) is 4.91. The molecule has 0 bridgehead atoms. The van der Waals surface area contributed by atoms with Crippen molar-refractivity contribution < 1.29 is 14.7 Å². The fourth-order valence-corrected chi connectivity index (χ4v) is 3.56. The average Bonchev–Trinajstić information content (AvgIpc) is 2.99. The third-order valence-corrected chi connectivity index (χ3v) is 4.91. The number of pyridine rings is 2. The van der Waals surface area contributed by atoms with Crippen molar-refractivity contribution in [3.05, 3.63) is 101 Å². The van der Waals surface area contributed by atoms with Crippen molar-refractivity contribution in [2.75, 3.05) is 0 Å². The van der Waals surface area contributed by atoms with Crippen molar-refractivity contribution in [3.63, 3.8) is 0 Å². The van der Waals surface area contributed by atoms with Gasteiger partial charge in [-0.3, -0.25) is 19.6 Å². The minimum Gasteiger partial charge on any atom is -0.507 e. The number of carbonyl (C=O) groups excluding carboxylic acids is 2. The molecule has 1 unspecified atom stereocenters. The molecule has 4 rings (SSSR count). The van der Waals surface area contributed by atoms with Gasteiger partial charge in [0, 0.05) is 24.2 Å². The molecule has 0 aliphatic carbocycles. The Labute approximate surface area is 168 Å². The maximum absolute atomic E-state index is 12.9. The van der Waals surface area contributed by atoms with Crippen LogP contribution in [0.3, 0.4) is 0 Å². The van der Waals surface area contributed by atoms with Crippen molar-refractivity contribution in [3.8, 4) is 0 Å². The summed E-state index contributed by atoms with van der Waals surface area (Å²) in [6, 6.07) is 15.5. The van der Waals surface area contributed by atoms with Crippen LogP contribution in [0, 0.1) is 6.92 Å². The van der Waals surface area contributed by atoms with Crippen LogP contribution in [0.2, 0.25) is 0 Å². The topological polar surface area (TPSA) is 83.4 Å². The summed E-state index contributed by atoms with van der Waals surface area (Å²) in [5.74, 6) is -1.57. The molecular weight excluding hydrogens is 366 g/mol. The second-order valence-electron chi connectivity index (χ2n) is 6.90. The van der Waals surface area contributed by atoms with E-state index in [4.69, 9.17) is 0 Å². The summed E-state index contributed by atoms with van der Waals surface area (Å²) in [6.07, 6.45) is 4.70. The molecule has 0 saturated carbocycles. The number of nitrogens with zero attached hydrogens (tertiary/aromatic N) is 3. The number of benzene rings is 1. The van der Waals surface area contributed by atoms with E-state index in [1.165, 1.54) is 17.3 Å². The van der Waals surface area contributed by atoms with Crippen LogP contribution in [0.25, 0.3) is 5.76 Å². The molecule has 3 aromatic rings. The molecule has 0 spiro atoms. The molecule has 6 heteroatoms. The van der Waals surface area contributed by atoms with Gasteiger partial charge < -0.3 is 10.0 Å². The number of Topliss-reactive ketones (excluding diaryl/α,β-unsaturated/α-hetero) is 1. The minimum atomic E-state index is -0.707. The van der Waals surface area contributed by atoms with E-state index in [9.17, 15) is 14.7 Å². The zero-order valence-electron chi connectivity index (χ0n) is 15.8. The fourth-order valence-electron chi connectivity index (χ4n) is 3.56. The highest BCUT2D eigenvalue weighted by Crippen LogP contribution is 2.40. The number of aliphatic hydroxyl groups is 1. The molecule has 1 atom stereocenters. The van der Waals surface area contributed by atoms with Crippen LogP contribution in [0.4, 0.5) is 0 Å². The van der Waals surface area contributed by atoms with E-state index in [2.05, 4.69) is 9.97 Å². The Morgan fingerprint density at radius 1 is 1.03 bits per heavy atom. The Kier molecular flexibility index (Phi) is 4.91. The number of hydrogen-bond donors (Lipinski definition) is 1. The lowest BCUT2D eigenvalue weighted by Gasteiger charge is -2.25. The van der Waals surface area contributed by atoms with Crippen LogP contribution in [0.5, 0.6) is 0 Å². The molecule has 1 saturated heterocycles. The van der Waals surface area contributed by atoms with Gasteiger partial charge in [-0.1, -0.05) is 35.9 Å². The molecule has 1 aromatic carbocycles. The smallest absolute Gasteiger partial charge is 0.296 e. The summed E-state index contributed by atoms with van der Waals surface area (Å²) in [7, 11) is 0. The molecule has 1 fully saturated rings. The first kappa shape index (κ1) is 18.6. The van der Waals surface area contributed by atoms with Crippen LogP contribution >= 0.6 is 0 Å². The number of likely N-dealkylation sites (tertiary alicyclic amines) is 1. The Morgan fingerprint density at radius 3 is 2.52 bits per heavy atom. The van der Waals surface area contributed by atoms with Gasteiger partial charge in [-0.2, -0.15) is 0 Å². The van der Waals surface area contributed by atoms with Gasteiger partial charge in [0.05, 0.1) is 23.9 Å². The van der Waals surface area contributed by atoms with E-state index in [1.807, 2.05) is 37.3 Å². The molecule has 29 heavy (non-hydrogen) atoms. The molecule has 1 aliphatic heterocycles. The first-order chi connectivity index (χ1) is 14.1.